The Morgan fingerprint density at radius 3 is 2.89 bits per heavy atom. The number of carbonyl (C=O) groups is 2. The number of rotatable bonds is 2. The number of nitrogens with zero attached hydrogens (tertiary/aromatic N) is 7. The molecule has 1 N–H and O–H groups in total. The first-order chi connectivity index (χ1) is 13.0. The van der Waals surface area contributed by atoms with Crippen LogP contribution in [0.25, 0.3) is 5.65 Å². The third-order valence-electron chi connectivity index (χ3n) is 3.93. The van der Waals surface area contributed by atoms with Gasteiger partial charge in [0, 0.05) is 26.0 Å². The van der Waals surface area contributed by atoms with E-state index in [4.69, 9.17) is 26.2 Å². The van der Waals surface area contributed by atoms with Crippen molar-refractivity contribution in [1.82, 2.24) is 34.5 Å². The Morgan fingerprint density at radius 2 is 2.19 bits per heavy atom. The van der Waals surface area contributed by atoms with Gasteiger partial charge in [0.05, 0.1) is 18.2 Å². The summed E-state index contributed by atoms with van der Waals surface area (Å²) in [7, 11) is 1.74. The Bertz CT molecular complexity index is 957. The van der Waals surface area contributed by atoms with E-state index in [0.29, 0.717) is 41.9 Å². The van der Waals surface area contributed by atoms with Crippen LogP contribution in [0.15, 0.2) is 24.5 Å². The molecule has 0 saturated carbocycles. The van der Waals surface area contributed by atoms with Crippen LogP contribution in [0.5, 0.6) is 0 Å². The summed E-state index contributed by atoms with van der Waals surface area (Å²) in [6.45, 7) is 1.04. The van der Waals surface area contributed by atoms with Gasteiger partial charge in [-0.1, -0.05) is 11.6 Å². The number of ether oxygens (including phenoxy) is 1. The van der Waals surface area contributed by atoms with Crippen molar-refractivity contribution in [2.45, 2.75) is 6.10 Å². The van der Waals surface area contributed by atoms with Gasteiger partial charge in [-0.3, -0.25) is 9.59 Å². The topological polar surface area (TPSA) is 128 Å². The molecule has 4 rings (SSSR count). The number of imidazole rings is 1. The molecule has 1 atom stereocenters. The minimum atomic E-state index is -0.353. The highest BCUT2D eigenvalue weighted by Gasteiger charge is 2.30. The van der Waals surface area contributed by atoms with Gasteiger partial charge in [0.2, 0.25) is 0 Å². The molecule has 4 heterocycles. The number of aromatic nitrogens is 6. The molecule has 1 fully saturated rings. The molecule has 27 heavy (non-hydrogen) atoms. The number of halogens is 1. The van der Waals surface area contributed by atoms with Gasteiger partial charge in [0.15, 0.2) is 5.82 Å². The summed E-state index contributed by atoms with van der Waals surface area (Å²) in [5, 5.41) is 18.8. The van der Waals surface area contributed by atoms with Crippen LogP contribution in [0.1, 0.15) is 22.4 Å². The van der Waals surface area contributed by atoms with Gasteiger partial charge in [-0.25, -0.2) is 9.67 Å². The third kappa shape index (κ3) is 4.04. The highest BCUT2D eigenvalue weighted by molar-refractivity contribution is 6.30. The Balaban J connectivity index is 0.000000659. The van der Waals surface area contributed by atoms with Gasteiger partial charge in [-0.15, -0.1) is 5.10 Å². The number of morpholine rings is 1. The summed E-state index contributed by atoms with van der Waals surface area (Å²) >= 11 is 5.97. The zero-order valence-corrected chi connectivity index (χ0v) is 15.0. The molecule has 0 bridgehead atoms. The molecule has 1 amide bonds. The molecule has 1 aliphatic heterocycles. The monoisotopic (exact) mass is 393 g/mol. The van der Waals surface area contributed by atoms with Crippen molar-refractivity contribution in [3.05, 3.63) is 41.1 Å². The quantitative estimate of drug-likeness (QED) is 0.620. The fourth-order valence-corrected chi connectivity index (χ4v) is 2.90. The third-order valence-corrected chi connectivity index (χ3v) is 4.15. The number of pyridine rings is 1. The van der Waals surface area contributed by atoms with Gasteiger partial charge < -0.3 is 19.1 Å². The van der Waals surface area contributed by atoms with E-state index < -0.39 is 0 Å². The van der Waals surface area contributed by atoms with Crippen LogP contribution in [0.2, 0.25) is 5.02 Å². The van der Waals surface area contributed by atoms with Crippen molar-refractivity contribution in [2.75, 3.05) is 19.7 Å². The standard InChI is InChI=1S/C14H14ClN7O2.CH2O2/c1-20-13(17-18-19-20)11-8-21(4-5-24-11)14(23)10-7-22-6-9(15)2-3-12(22)16-10;2-1-3/h2-3,6-7,11H,4-5,8H2,1H3;1H,(H,2,3). The maximum absolute atomic E-state index is 12.8. The van der Waals surface area contributed by atoms with Crippen molar-refractivity contribution in [3.63, 3.8) is 0 Å². The van der Waals surface area contributed by atoms with E-state index in [9.17, 15) is 4.79 Å². The van der Waals surface area contributed by atoms with Gasteiger partial charge in [-0.05, 0) is 22.6 Å². The average Bonchev–Trinajstić information content (AvgIpc) is 3.27. The second-order valence-corrected chi connectivity index (χ2v) is 6.05. The van der Waals surface area contributed by atoms with Gasteiger partial charge >= 0.3 is 0 Å². The molecule has 0 aromatic carbocycles. The van der Waals surface area contributed by atoms with Crippen LogP contribution >= 0.6 is 11.6 Å². The molecule has 12 heteroatoms. The van der Waals surface area contributed by atoms with Gasteiger partial charge in [-0.2, -0.15) is 0 Å². The number of aryl methyl sites for hydroxylation is 1. The fourth-order valence-electron chi connectivity index (χ4n) is 2.73. The van der Waals surface area contributed by atoms with E-state index in [1.807, 2.05) is 0 Å². The second kappa shape index (κ2) is 8.10. The zero-order chi connectivity index (χ0) is 19.4. The lowest BCUT2D eigenvalue weighted by Crippen LogP contribution is -2.43. The number of fused-ring (bicyclic) bond motifs is 1. The molecular weight excluding hydrogens is 378 g/mol. The summed E-state index contributed by atoms with van der Waals surface area (Å²) < 4.78 is 8.98. The number of hydrogen-bond acceptors (Lipinski definition) is 7. The number of amides is 1. The summed E-state index contributed by atoms with van der Waals surface area (Å²) in [4.78, 5) is 27.2. The number of hydrogen-bond donors (Lipinski definition) is 1. The van der Waals surface area contributed by atoms with Crippen LogP contribution < -0.4 is 0 Å². The van der Waals surface area contributed by atoms with Crippen molar-refractivity contribution >= 4 is 29.6 Å². The van der Waals surface area contributed by atoms with Crippen LogP contribution in [0, 0.1) is 0 Å². The van der Waals surface area contributed by atoms with Crippen molar-refractivity contribution in [2.24, 2.45) is 7.05 Å². The van der Waals surface area contributed by atoms with Gasteiger partial charge in [0.1, 0.15) is 17.4 Å². The fraction of sp³-hybridized carbons (Fsp3) is 0.333. The predicted molar refractivity (Wildman–Crippen MR) is 92.3 cm³/mol. The lowest BCUT2D eigenvalue weighted by atomic mass is 10.2. The molecule has 3 aromatic rings. The van der Waals surface area contributed by atoms with Crippen molar-refractivity contribution in [1.29, 1.82) is 0 Å². The van der Waals surface area contributed by atoms with E-state index in [0.717, 1.165) is 0 Å². The van der Waals surface area contributed by atoms with Crippen molar-refractivity contribution in [3.8, 4) is 0 Å². The molecule has 0 aliphatic carbocycles. The summed E-state index contributed by atoms with van der Waals surface area (Å²) in [6.07, 6.45) is 3.04. The van der Waals surface area contributed by atoms with Crippen molar-refractivity contribution < 1.29 is 19.4 Å². The minimum absolute atomic E-state index is 0.154. The lowest BCUT2D eigenvalue weighted by molar-refractivity contribution is -0.122. The second-order valence-electron chi connectivity index (χ2n) is 5.62. The van der Waals surface area contributed by atoms with E-state index in [1.165, 1.54) is 0 Å². The largest absolute Gasteiger partial charge is 0.483 e. The van der Waals surface area contributed by atoms with Gasteiger partial charge in [0.25, 0.3) is 12.4 Å². The molecule has 3 aromatic heterocycles. The van der Waals surface area contributed by atoms with Crippen LogP contribution in [-0.2, 0) is 16.6 Å². The molecular formula is C15H16ClN7O4. The predicted octanol–water partition coefficient (Wildman–Crippen LogP) is 0.426. The first-order valence-electron chi connectivity index (χ1n) is 7.88. The molecule has 11 nitrogen and oxygen atoms in total. The Morgan fingerprint density at radius 1 is 1.41 bits per heavy atom. The summed E-state index contributed by atoms with van der Waals surface area (Å²) in [5.74, 6) is 0.438. The van der Waals surface area contributed by atoms with E-state index in [-0.39, 0.29) is 18.5 Å². The number of carbonyl (C=O) groups excluding carboxylic acids is 1. The first-order valence-corrected chi connectivity index (χ1v) is 8.26. The lowest BCUT2D eigenvalue weighted by Gasteiger charge is -2.31. The van der Waals surface area contributed by atoms with Crippen LogP contribution in [-0.4, -0.2) is 71.7 Å². The zero-order valence-electron chi connectivity index (χ0n) is 14.3. The normalized spacial score (nSPS) is 16.7. The molecule has 0 spiro atoms. The SMILES string of the molecule is Cn1nnnc1C1CN(C(=O)c2cn3cc(Cl)ccc3n2)CCO1.O=CO. The summed E-state index contributed by atoms with van der Waals surface area (Å²) in [5.41, 5.74) is 1.04. The Hall–Kier alpha value is -3.05. The number of carboxylic acid groups (broad SMARTS) is 1. The van der Waals surface area contributed by atoms with Crippen LogP contribution in [0.3, 0.4) is 0 Å². The number of tetrazole rings is 1. The molecule has 0 radical (unpaired) electrons. The molecule has 142 valence electrons. The minimum Gasteiger partial charge on any atom is -0.483 e. The highest BCUT2D eigenvalue weighted by Crippen LogP contribution is 2.21. The Kier molecular flexibility index (Phi) is 5.62. The maximum atomic E-state index is 12.8. The maximum Gasteiger partial charge on any atom is 0.290 e. The van der Waals surface area contributed by atoms with Crippen LogP contribution in [0.4, 0.5) is 0 Å². The highest BCUT2D eigenvalue weighted by atomic mass is 35.5. The molecule has 1 aliphatic rings. The molecule has 1 saturated heterocycles. The summed E-state index contributed by atoms with van der Waals surface area (Å²) in [6, 6.07) is 3.51. The van der Waals surface area contributed by atoms with E-state index in [1.54, 1.807) is 45.6 Å². The molecule has 1 unspecified atom stereocenters. The Labute approximate surface area is 158 Å². The van der Waals surface area contributed by atoms with E-state index >= 15 is 0 Å². The average molecular weight is 394 g/mol. The van der Waals surface area contributed by atoms with E-state index in [2.05, 4.69) is 20.5 Å². The smallest absolute Gasteiger partial charge is 0.290 e. The first kappa shape index (κ1) is 18.7.